The number of imidazole rings is 1. The third kappa shape index (κ3) is 2.64. The molecule has 1 aromatic heterocycles. The quantitative estimate of drug-likeness (QED) is 0.808. The molecule has 1 aromatic rings. The van der Waals surface area contributed by atoms with Crippen molar-refractivity contribution in [3.63, 3.8) is 0 Å². The van der Waals surface area contributed by atoms with E-state index in [-0.39, 0.29) is 11.2 Å². The molecular weight excluding hydrogens is 232 g/mol. The van der Waals surface area contributed by atoms with Gasteiger partial charge in [0.05, 0.1) is 7.11 Å². The summed E-state index contributed by atoms with van der Waals surface area (Å²) in [6.07, 6.45) is 0. The number of aryl methyl sites for hydroxylation is 1. The van der Waals surface area contributed by atoms with E-state index in [1.807, 2.05) is 25.6 Å². The maximum atomic E-state index is 11.5. The molecule has 1 heterocycles. The number of likely N-dealkylation sites (N-methyl/N-ethyl adjacent to an activating group) is 1. The summed E-state index contributed by atoms with van der Waals surface area (Å²) in [5, 5.41) is 0. The largest absolute Gasteiger partial charge is 0.464 e. The number of hydrogen-bond donors (Lipinski definition) is 1. The van der Waals surface area contributed by atoms with Crippen LogP contribution in [0.1, 0.15) is 30.2 Å². The summed E-state index contributed by atoms with van der Waals surface area (Å²) >= 11 is 0. The van der Waals surface area contributed by atoms with Gasteiger partial charge in [-0.05, 0) is 34.9 Å². The number of carbonyl (C=O) groups is 1. The van der Waals surface area contributed by atoms with Crippen molar-refractivity contribution in [1.29, 1.82) is 0 Å². The van der Waals surface area contributed by atoms with Crippen LogP contribution < -0.4 is 5.73 Å². The lowest BCUT2D eigenvalue weighted by Crippen LogP contribution is -2.42. The van der Waals surface area contributed by atoms with Crippen molar-refractivity contribution in [2.45, 2.75) is 32.9 Å². The van der Waals surface area contributed by atoms with E-state index in [0.717, 1.165) is 0 Å². The summed E-state index contributed by atoms with van der Waals surface area (Å²) in [5.74, 6) is 0.564. The van der Waals surface area contributed by atoms with Crippen LogP contribution >= 0.6 is 0 Å². The first kappa shape index (κ1) is 14.5. The van der Waals surface area contributed by atoms with Crippen molar-refractivity contribution in [2.24, 2.45) is 0 Å². The number of nitrogens with zero attached hydrogens (tertiary/aromatic N) is 3. The molecule has 0 amide bonds. The topological polar surface area (TPSA) is 73.4 Å². The zero-order valence-corrected chi connectivity index (χ0v) is 11.9. The van der Waals surface area contributed by atoms with E-state index >= 15 is 0 Å². The molecular formula is C12H22N4O2. The molecule has 1 rings (SSSR count). The number of hydrogen-bond acceptors (Lipinski definition) is 5. The highest BCUT2D eigenvalue weighted by atomic mass is 16.5. The van der Waals surface area contributed by atoms with Crippen LogP contribution in [0.25, 0.3) is 0 Å². The van der Waals surface area contributed by atoms with Gasteiger partial charge in [0.2, 0.25) is 0 Å². The van der Waals surface area contributed by atoms with Crippen molar-refractivity contribution in [3.8, 4) is 0 Å². The fraction of sp³-hybridized carbons (Fsp3) is 0.667. The summed E-state index contributed by atoms with van der Waals surface area (Å²) in [7, 11) is 5.33. The van der Waals surface area contributed by atoms with Gasteiger partial charge in [0, 0.05) is 12.1 Å². The number of carbonyl (C=O) groups excluding carboxylic acids is 1. The normalized spacial score (nSPS) is 11.9. The predicted molar refractivity (Wildman–Crippen MR) is 70.5 cm³/mol. The Hall–Kier alpha value is -1.56. The lowest BCUT2D eigenvalue weighted by atomic mass is 10.0. The van der Waals surface area contributed by atoms with Gasteiger partial charge >= 0.3 is 5.97 Å². The Kier molecular flexibility index (Phi) is 4.01. The molecule has 0 aliphatic heterocycles. The molecule has 6 heteroatoms. The Bertz CT molecular complexity index is 449. The standard InChI is InChI=1S/C12H22N4O2/c1-8-14-9(11(17)18-6)10(13)16(8)7-12(2,3)15(4)5/h7,13H2,1-6H3. The number of ether oxygens (including phenoxy) is 1. The SMILES string of the molecule is COC(=O)c1nc(C)n(CC(C)(C)N(C)C)c1N. The molecule has 0 saturated heterocycles. The highest BCUT2D eigenvalue weighted by Gasteiger charge is 2.26. The molecule has 0 aliphatic carbocycles. The van der Waals surface area contributed by atoms with Crippen molar-refractivity contribution in [1.82, 2.24) is 14.5 Å². The van der Waals surface area contributed by atoms with Gasteiger partial charge in [-0.3, -0.25) is 0 Å². The van der Waals surface area contributed by atoms with Gasteiger partial charge in [-0.25, -0.2) is 9.78 Å². The third-order valence-electron chi connectivity index (χ3n) is 3.33. The minimum atomic E-state index is -0.503. The van der Waals surface area contributed by atoms with E-state index in [1.54, 1.807) is 0 Å². The number of rotatable bonds is 4. The highest BCUT2D eigenvalue weighted by molar-refractivity contribution is 5.92. The third-order valence-corrected chi connectivity index (χ3v) is 3.33. The van der Waals surface area contributed by atoms with Gasteiger partial charge in [0.1, 0.15) is 11.6 Å². The molecule has 0 bridgehead atoms. The zero-order valence-electron chi connectivity index (χ0n) is 11.9. The van der Waals surface area contributed by atoms with Crippen molar-refractivity contribution in [3.05, 3.63) is 11.5 Å². The second-order valence-corrected chi connectivity index (χ2v) is 5.18. The minimum absolute atomic E-state index is 0.0903. The number of nitrogen functional groups attached to an aromatic ring is 1. The Balaban J connectivity index is 3.12. The summed E-state index contributed by atoms with van der Waals surface area (Å²) in [6.45, 7) is 6.68. The van der Waals surface area contributed by atoms with Crippen LogP contribution in [-0.4, -0.2) is 47.2 Å². The van der Waals surface area contributed by atoms with E-state index < -0.39 is 5.97 Å². The molecule has 0 radical (unpaired) electrons. The minimum Gasteiger partial charge on any atom is -0.464 e. The maximum absolute atomic E-state index is 11.5. The molecule has 102 valence electrons. The summed E-state index contributed by atoms with van der Waals surface area (Å²) in [5.41, 5.74) is 6.06. The molecule has 0 saturated carbocycles. The Morgan fingerprint density at radius 3 is 2.50 bits per heavy atom. The highest BCUT2D eigenvalue weighted by Crippen LogP contribution is 2.21. The number of esters is 1. The smallest absolute Gasteiger partial charge is 0.360 e. The van der Waals surface area contributed by atoms with Crippen LogP contribution in [0, 0.1) is 6.92 Å². The molecule has 0 spiro atoms. The zero-order chi connectivity index (χ0) is 14.1. The molecule has 0 aliphatic rings. The van der Waals surface area contributed by atoms with E-state index in [2.05, 4.69) is 28.5 Å². The van der Waals surface area contributed by atoms with Gasteiger partial charge in [0.15, 0.2) is 5.69 Å². The van der Waals surface area contributed by atoms with Crippen LogP contribution in [0.3, 0.4) is 0 Å². The first-order valence-corrected chi connectivity index (χ1v) is 5.79. The van der Waals surface area contributed by atoms with E-state index in [1.165, 1.54) is 7.11 Å². The number of methoxy groups -OCH3 is 1. The molecule has 0 aromatic carbocycles. The maximum Gasteiger partial charge on any atom is 0.360 e. The number of nitrogens with two attached hydrogens (primary N) is 1. The average molecular weight is 254 g/mol. The molecule has 0 unspecified atom stereocenters. The Morgan fingerprint density at radius 1 is 1.50 bits per heavy atom. The summed E-state index contributed by atoms with van der Waals surface area (Å²) in [6, 6.07) is 0. The van der Waals surface area contributed by atoms with Gasteiger partial charge in [-0.2, -0.15) is 0 Å². The monoisotopic (exact) mass is 254 g/mol. The lowest BCUT2D eigenvalue weighted by molar-refractivity contribution is 0.0595. The number of aromatic nitrogens is 2. The second-order valence-electron chi connectivity index (χ2n) is 5.18. The van der Waals surface area contributed by atoms with Crippen molar-refractivity contribution in [2.75, 3.05) is 26.9 Å². The Labute approximate surface area is 108 Å². The molecule has 0 atom stereocenters. The number of anilines is 1. The molecule has 18 heavy (non-hydrogen) atoms. The average Bonchev–Trinajstić information content (AvgIpc) is 2.55. The van der Waals surface area contributed by atoms with Gasteiger partial charge in [0.25, 0.3) is 0 Å². The summed E-state index contributed by atoms with van der Waals surface area (Å²) < 4.78 is 6.50. The van der Waals surface area contributed by atoms with Crippen molar-refractivity contribution < 1.29 is 9.53 Å². The van der Waals surface area contributed by atoms with E-state index in [0.29, 0.717) is 18.2 Å². The van der Waals surface area contributed by atoms with Gasteiger partial charge < -0.3 is 19.9 Å². The van der Waals surface area contributed by atoms with Crippen LogP contribution in [0.4, 0.5) is 5.82 Å². The van der Waals surface area contributed by atoms with E-state index in [9.17, 15) is 4.79 Å². The van der Waals surface area contributed by atoms with Gasteiger partial charge in [-0.15, -0.1) is 0 Å². The molecule has 2 N–H and O–H groups in total. The van der Waals surface area contributed by atoms with Crippen LogP contribution in [0.15, 0.2) is 0 Å². The van der Waals surface area contributed by atoms with E-state index in [4.69, 9.17) is 5.73 Å². The fourth-order valence-electron chi connectivity index (χ4n) is 1.56. The van der Waals surface area contributed by atoms with Crippen molar-refractivity contribution >= 4 is 11.8 Å². The summed E-state index contributed by atoms with van der Waals surface area (Å²) in [4.78, 5) is 17.8. The fourth-order valence-corrected chi connectivity index (χ4v) is 1.56. The first-order chi connectivity index (χ1) is 8.20. The second kappa shape index (κ2) is 4.97. The van der Waals surface area contributed by atoms with Crippen LogP contribution in [0.2, 0.25) is 0 Å². The Morgan fingerprint density at radius 2 is 2.06 bits per heavy atom. The van der Waals surface area contributed by atoms with Crippen LogP contribution in [-0.2, 0) is 11.3 Å². The molecule has 0 fully saturated rings. The predicted octanol–water partition coefficient (Wildman–Crippen LogP) is 0.901. The first-order valence-electron chi connectivity index (χ1n) is 5.79. The lowest BCUT2D eigenvalue weighted by Gasteiger charge is -2.33. The van der Waals surface area contributed by atoms with Gasteiger partial charge in [-0.1, -0.05) is 0 Å². The van der Waals surface area contributed by atoms with Crippen LogP contribution in [0.5, 0.6) is 0 Å². The molecule has 6 nitrogen and oxygen atoms in total.